The predicted octanol–water partition coefficient (Wildman–Crippen LogP) is -0.465. The second kappa shape index (κ2) is 8.47. The van der Waals surface area contributed by atoms with Crippen molar-refractivity contribution in [1.82, 2.24) is 4.57 Å². The summed E-state index contributed by atoms with van der Waals surface area (Å²) in [5.74, 6) is 2.34. The summed E-state index contributed by atoms with van der Waals surface area (Å²) < 4.78 is 18.6. The molecule has 0 bridgehead atoms. The van der Waals surface area contributed by atoms with Crippen molar-refractivity contribution in [3.8, 4) is 17.2 Å². The minimum absolute atomic E-state index is 0.708. The summed E-state index contributed by atoms with van der Waals surface area (Å²) in [5.41, 5.74) is 2.58. The van der Waals surface area contributed by atoms with Gasteiger partial charge >= 0.3 is 0 Å². The van der Waals surface area contributed by atoms with Crippen LogP contribution in [0.2, 0.25) is 0 Å². The smallest absolute Gasteiger partial charge is 0.164 e. The molecule has 0 saturated carbocycles. The second-order valence-electron chi connectivity index (χ2n) is 6.98. The minimum Gasteiger partial charge on any atom is -0.496 e. The Morgan fingerprint density at radius 2 is 1.42 bits per heavy atom. The van der Waals surface area contributed by atoms with E-state index >= 15 is 0 Å². The van der Waals surface area contributed by atoms with Crippen molar-refractivity contribution in [2.24, 2.45) is 7.05 Å². The van der Waals surface area contributed by atoms with Gasteiger partial charge in [0.25, 0.3) is 0 Å². The molecule has 0 aliphatic carbocycles. The van der Waals surface area contributed by atoms with Gasteiger partial charge in [0.1, 0.15) is 45.0 Å². The third-order valence-electron chi connectivity index (χ3n) is 5.37. The maximum atomic E-state index is 5.58. The number of nitrogens with one attached hydrogen (secondary N) is 2. The molecule has 2 N–H and O–H groups in total. The molecule has 6 heteroatoms. The topological polar surface area (TPSA) is 41.5 Å². The van der Waals surface area contributed by atoms with Gasteiger partial charge in [-0.05, 0) is 18.2 Å². The third kappa shape index (κ3) is 4.14. The number of hydrogen-bond acceptors (Lipinski definition) is 3. The van der Waals surface area contributed by atoms with Gasteiger partial charge in [0, 0.05) is 19.3 Å². The molecule has 1 aromatic carbocycles. The number of aromatic nitrogens is 1. The first-order chi connectivity index (χ1) is 12.6. The van der Waals surface area contributed by atoms with Crippen molar-refractivity contribution in [3.63, 3.8) is 0 Å². The molecule has 1 aliphatic heterocycles. The SMILES string of the molecule is COc1cc(OC)c(OC)cc1C[NH+]1CC[NH+](Cc2cccn2C)CC1. The van der Waals surface area contributed by atoms with E-state index in [1.54, 1.807) is 31.1 Å². The van der Waals surface area contributed by atoms with E-state index in [-0.39, 0.29) is 0 Å². The van der Waals surface area contributed by atoms with Crippen molar-refractivity contribution in [3.05, 3.63) is 41.7 Å². The van der Waals surface area contributed by atoms with E-state index in [0.29, 0.717) is 5.75 Å². The maximum absolute atomic E-state index is 5.58. The van der Waals surface area contributed by atoms with Gasteiger partial charge in [0.05, 0.1) is 32.6 Å². The first-order valence-corrected chi connectivity index (χ1v) is 9.20. The van der Waals surface area contributed by atoms with Crippen molar-refractivity contribution in [1.29, 1.82) is 0 Å². The Hall–Kier alpha value is -2.18. The Morgan fingerprint density at radius 1 is 0.846 bits per heavy atom. The fourth-order valence-electron chi connectivity index (χ4n) is 3.75. The molecule has 1 aliphatic rings. The lowest BCUT2D eigenvalue weighted by molar-refractivity contribution is -1.02. The van der Waals surface area contributed by atoms with Crippen LogP contribution in [0.25, 0.3) is 0 Å². The highest BCUT2D eigenvalue weighted by molar-refractivity contribution is 5.50. The molecule has 1 saturated heterocycles. The van der Waals surface area contributed by atoms with E-state index < -0.39 is 0 Å². The molecule has 0 radical (unpaired) electrons. The zero-order valence-electron chi connectivity index (χ0n) is 16.3. The number of methoxy groups -OCH3 is 3. The molecule has 2 aromatic rings. The molecule has 2 heterocycles. The number of ether oxygens (including phenoxy) is 3. The summed E-state index contributed by atoms with van der Waals surface area (Å²) in [5, 5.41) is 0. The van der Waals surface area contributed by atoms with Crippen LogP contribution in [0.1, 0.15) is 11.3 Å². The Morgan fingerprint density at radius 3 is 1.96 bits per heavy atom. The monoisotopic (exact) mass is 361 g/mol. The van der Waals surface area contributed by atoms with Gasteiger partial charge in [-0.2, -0.15) is 0 Å². The molecule has 1 fully saturated rings. The van der Waals surface area contributed by atoms with Crippen LogP contribution in [-0.4, -0.2) is 52.1 Å². The van der Waals surface area contributed by atoms with Crippen molar-refractivity contribution >= 4 is 0 Å². The highest BCUT2D eigenvalue weighted by atomic mass is 16.5. The fraction of sp³-hybridized carbons (Fsp3) is 0.500. The molecule has 0 atom stereocenters. The average molecular weight is 361 g/mol. The highest BCUT2D eigenvalue weighted by Gasteiger charge is 2.25. The molecule has 1 aromatic heterocycles. The van der Waals surface area contributed by atoms with E-state index in [9.17, 15) is 0 Å². The van der Waals surface area contributed by atoms with E-state index in [4.69, 9.17) is 14.2 Å². The Labute approximate surface area is 155 Å². The first-order valence-electron chi connectivity index (χ1n) is 9.20. The van der Waals surface area contributed by atoms with Crippen molar-refractivity contribution in [2.45, 2.75) is 13.1 Å². The molecule has 26 heavy (non-hydrogen) atoms. The minimum atomic E-state index is 0.708. The van der Waals surface area contributed by atoms with Gasteiger partial charge in [0.15, 0.2) is 11.5 Å². The summed E-state index contributed by atoms with van der Waals surface area (Å²) in [6, 6.07) is 8.32. The van der Waals surface area contributed by atoms with Crippen LogP contribution < -0.4 is 24.0 Å². The number of quaternary nitrogens is 2. The highest BCUT2D eigenvalue weighted by Crippen LogP contribution is 2.34. The van der Waals surface area contributed by atoms with Crippen LogP contribution in [-0.2, 0) is 20.1 Å². The average Bonchev–Trinajstić information content (AvgIpc) is 3.07. The number of aryl methyl sites for hydroxylation is 1. The lowest BCUT2D eigenvalue weighted by Gasteiger charge is -2.30. The Kier molecular flexibility index (Phi) is 6.06. The molecule has 3 rings (SSSR count). The number of benzene rings is 1. The van der Waals surface area contributed by atoms with Crippen LogP contribution >= 0.6 is 0 Å². The Bertz CT molecular complexity index is 721. The second-order valence-corrected chi connectivity index (χ2v) is 6.98. The number of hydrogen-bond donors (Lipinski definition) is 2. The summed E-state index contributed by atoms with van der Waals surface area (Å²) in [4.78, 5) is 3.25. The summed E-state index contributed by atoms with van der Waals surface area (Å²) in [7, 11) is 7.16. The van der Waals surface area contributed by atoms with Crippen LogP contribution in [0.4, 0.5) is 0 Å². The summed E-state index contributed by atoms with van der Waals surface area (Å²) >= 11 is 0. The van der Waals surface area contributed by atoms with Gasteiger partial charge in [-0.3, -0.25) is 0 Å². The van der Waals surface area contributed by atoms with Crippen molar-refractivity contribution in [2.75, 3.05) is 47.5 Å². The number of piperazine rings is 1. The zero-order valence-corrected chi connectivity index (χ0v) is 16.3. The molecule has 0 amide bonds. The molecule has 6 nitrogen and oxygen atoms in total. The first kappa shape index (κ1) is 18.6. The van der Waals surface area contributed by atoms with Crippen LogP contribution in [0.5, 0.6) is 17.2 Å². The quantitative estimate of drug-likeness (QED) is 0.701. The number of nitrogens with zero attached hydrogens (tertiary/aromatic N) is 1. The van der Waals surface area contributed by atoms with Gasteiger partial charge in [-0.1, -0.05) is 0 Å². The van der Waals surface area contributed by atoms with Gasteiger partial charge in [0.2, 0.25) is 0 Å². The van der Waals surface area contributed by atoms with Crippen LogP contribution in [0, 0.1) is 0 Å². The Balaban J connectivity index is 1.61. The zero-order chi connectivity index (χ0) is 18.5. The van der Waals surface area contributed by atoms with Gasteiger partial charge < -0.3 is 28.6 Å². The summed E-state index contributed by atoms with van der Waals surface area (Å²) in [6.07, 6.45) is 2.12. The largest absolute Gasteiger partial charge is 0.496 e. The lowest BCUT2D eigenvalue weighted by atomic mass is 10.1. The van der Waals surface area contributed by atoms with Crippen LogP contribution in [0.3, 0.4) is 0 Å². The lowest BCUT2D eigenvalue weighted by Crippen LogP contribution is -3.27. The van der Waals surface area contributed by atoms with Crippen LogP contribution in [0.15, 0.2) is 30.5 Å². The molecular formula is C20H31N3O3+2. The molecule has 0 unspecified atom stereocenters. The third-order valence-corrected chi connectivity index (χ3v) is 5.37. The van der Waals surface area contributed by atoms with Gasteiger partial charge in [-0.25, -0.2) is 0 Å². The number of rotatable bonds is 7. The summed E-state index contributed by atoms with van der Waals surface area (Å²) in [6.45, 7) is 6.76. The normalized spacial score (nSPS) is 20.0. The molecule has 0 spiro atoms. The standard InChI is InChI=1S/C20H29N3O3/c1-21-7-5-6-17(21)15-23-10-8-22(9-11-23)14-16-12-19(25-3)20(26-4)13-18(16)24-2/h5-7,12-13H,8-11,14-15H2,1-4H3/p+2. The van der Waals surface area contributed by atoms with Gasteiger partial charge in [-0.15, -0.1) is 0 Å². The molecule has 142 valence electrons. The molecular weight excluding hydrogens is 330 g/mol. The maximum Gasteiger partial charge on any atom is 0.164 e. The fourth-order valence-corrected chi connectivity index (χ4v) is 3.75. The van der Waals surface area contributed by atoms with E-state index in [1.807, 2.05) is 12.1 Å². The van der Waals surface area contributed by atoms with E-state index in [1.165, 1.54) is 24.3 Å². The predicted molar refractivity (Wildman–Crippen MR) is 100 cm³/mol. The van der Waals surface area contributed by atoms with E-state index in [2.05, 4.69) is 29.9 Å². The van der Waals surface area contributed by atoms with E-state index in [0.717, 1.165) is 37.7 Å². The van der Waals surface area contributed by atoms with Crippen molar-refractivity contribution < 1.29 is 24.0 Å².